The third kappa shape index (κ3) is 3.36. The minimum Gasteiger partial charge on any atom is -0.378 e. The van der Waals surface area contributed by atoms with Gasteiger partial charge in [0.2, 0.25) is 0 Å². The lowest BCUT2D eigenvalue weighted by molar-refractivity contribution is 0.180. The van der Waals surface area contributed by atoms with Crippen molar-refractivity contribution in [2.45, 2.75) is 6.61 Å². The van der Waals surface area contributed by atoms with Crippen molar-refractivity contribution in [2.24, 2.45) is 0 Å². The van der Waals surface area contributed by atoms with Crippen LogP contribution >= 0.6 is 50.1 Å². The van der Waals surface area contributed by atoms with Gasteiger partial charge in [-0.2, -0.15) is 0 Å². The zero-order valence-corrected chi connectivity index (χ0v) is 14.3. The van der Waals surface area contributed by atoms with E-state index in [0.29, 0.717) is 26.7 Å². The number of halogens is 3. The number of aromatic nitrogens is 2. The molecule has 0 saturated carbocycles. The molecule has 1 heterocycles. The largest absolute Gasteiger partial charge is 0.378 e. The molecule has 1 aromatic heterocycles. The van der Waals surface area contributed by atoms with E-state index in [4.69, 9.17) is 16.3 Å². The molecule has 0 spiro atoms. The summed E-state index contributed by atoms with van der Waals surface area (Å²) in [4.78, 5) is 19.0. The molecular formula is C12H9BrClIN2O2. The zero-order chi connectivity index (χ0) is 14.0. The molecule has 0 radical (unpaired) electrons. The first-order valence-electron chi connectivity index (χ1n) is 5.26. The second kappa shape index (κ2) is 6.34. The maximum Gasteiger partial charge on any atom is 0.264 e. The standard InChI is InChI=1S/C12H9BrClIN2O2/c1-19-5-9-10(15)12(18)17-11(16-9)6-2-3-7(13)8(14)4-6/h2-4H,5H2,1H3,(H,16,17,18). The average Bonchev–Trinajstić information content (AvgIpc) is 2.38. The molecule has 0 aliphatic rings. The summed E-state index contributed by atoms with van der Waals surface area (Å²) in [6.07, 6.45) is 0. The van der Waals surface area contributed by atoms with Crippen LogP contribution in [0.15, 0.2) is 27.5 Å². The van der Waals surface area contributed by atoms with Crippen LogP contribution < -0.4 is 5.56 Å². The molecule has 1 aromatic carbocycles. The molecule has 0 fully saturated rings. The molecule has 100 valence electrons. The van der Waals surface area contributed by atoms with Crippen molar-refractivity contribution in [3.8, 4) is 11.4 Å². The van der Waals surface area contributed by atoms with Crippen molar-refractivity contribution in [3.05, 3.63) is 47.3 Å². The van der Waals surface area contributed by atoms with Crippen LogP contribution in [0, 0.1) is 3.57 Å². The fourth-order valence-electron chi connectivity index (χ4n) is 1.52. The predicted octanol–water partition coefficient (Wildman–Crippen LogP) is 3.60. The lowest BCUT2D eigenvalue weighted by Crippen LogP contribution is -2.16. The van der Waals surface area contributed by atoms with Crippen LogP contribution in [0.2, 0.25) is 5.02 Å². The number of rotatable bonds is 3. The van der Waals surface area contributed by atoms with E-state index >= 15 is 0 Å². The second-order valence-electron chi connectivity index (χ2n) is 3.74. The zero-order valence-electron chi connectivity index (χ0n) is 9.84. The van der Waals surface area contributed by atoms with Crippen molar-refractivity contribution in [3.63, 3.8) is 0 Å². The summed E-state index contributed by atoms with van der Waals surface area (Å²) in [5.74, 6) is 0.479. The molecule has 2 aromatic rings. The van der Waals surface area contributed by atoms with E-state index in [2.05, 4.69) is 25.9 Å². The summed E-state index contributed by atoms with van der Waals surface area (Å²) < 4.78 is 6.37. The molecular weight excluding hydrogens is 446 g/mol. The molecule has 0 aliphatic carbocycles. The Balaban J connectivity index is 2.56. The van der Waals surface area contributed by atoms with Crippen molar-refractivity contribution >= 4 is 50.1 Å². The summed E-state index contributed by atoms with van der Waals surface area (Å²) in [6.45, 7) is 0.291. The van der Waals surface area contributed by atoms with Crippen LogP contribution in [0.25, 0.3) is 11.4 Å². The first-order valence-corrected chi connectivity index (χ1v) is 7.51. The summed E-state index contributed by atoms with van der Waals surface area (Å²) >= 11 is 11.3. The van der Waals surface area contributed by atoms with E-state index < -0.39 is 0 Å². The Bertz CT molecular complexity index is 675. The summed E-state index contributed by atoms with van der Waals surface area (Å²) in [7, 11) is 1.56. The van der Waals surface area contributed by atoms with Gasteiger partial charge in [-0.15, -0.1) is 0 Å². The van der Waals surface area contributed by atoms with Gasteiger partial charge >= 0.3 is 0 Å². The number of H-pyrrole nitrogens is 1. The van der Waals surface area contributed by atoms with E-state index in [-0.39, 0.29) is 5.56 Å². The molecule has 7 heteroatoms. The molecule has 0 saturated heterocycles. The topological polar surface area (TPSA) is 55.0 Å². The number of ether oxygens (including phenoxy) is 1. The lowest BCUT2D eigenvalue weighted by Gasteiger charge is -2.07. The molecule has 1 N–H and O–H groups in total. The third-order valence-electron chi connectivity index (χ3n) is 2.41. The molecule has 0 bridgehead atoms. The van der Waals surface area contributed by atoms with Gasteiger partial charge in [0.05, 0.1) is 17.3 Å². The van der Waals surface area contributed by atoms with Crippen molar-refractivity contribution < 1.29 is 4.74 Å². The van der Waals surface area contributed by atoms with Crippen LogP contribution in [-0.2, 0) is 11.3 Å². The van der Waals surface area contributed by atoms with Crippen molar-refractivity contribution in [1.29, 1.82) is 0 Å². The number of hydrogen-bond acceptors (Lipinski definition) is 3. The normalized spacial score (nSPS) is 10.7. The minimum absolute atomic E-state index is 0.184. The molecule has 0 aliphatic heterocycles. The Morgan fingerprint density at radius 1 is 1.53 bits per heavy atom. The average molecular weight is 455 g/mol. The Morgan fingerprint density at radius 2 is 2.26 bits per heavy atom. The molecule has 19 heavy (non-hydrogen) atoms. The lowest BCUT2D eigenvalue weighted by atomic mass is 10.2. The minimum atomic E-state index is -0.184. The fraction of sp³-hybridized carbons (Fsp3) is 0.167. The van der Waals surface area contributed by atoms with E-state index in [1.807, 2.05) is 34.7 Å². The van der Waals surface area contributed by atoms with E-state index in [1.54, 1.807) is 13.2 Å². The Kier molecular flexibility index (Phi) is 4.99. The SMILES string of the molecule is COCc1nc(-c2ccc(Br)c(Cl)c2)[nH]c(=O)c1I. The maximum atomic E-state index is 11.9. The van der Waals surface area contributed by atoms with Crippen LogP contribution in [0.4, 0.5) is 0 Å². The predicted molar refractivity (Wildman–Crippen MR) is 86.4 cm³/mol. The van der Waals surface area contributed by atoms with E-state index in [0.717, 1.165) is 10.0 Å². The number of aromatic amines is 1. The van der Waals surface area contributed by atoms with Gasteiger partial charge in [0, 0.05) is 17.1 Å². The van der Waals surface area contributed by atoms with E-state index in [1.165, 1.54) is 0 Å². The van der Waals surface area contributed by atoms with Gasteiger partial charge < -0.3 is 9.72 Å². The van der Waals surface area contributed by atoms with Gasteiger partial charge in [-0.05, 0) is 50.7 Å². The number of methoxy groups -OCH3 is 1. The Morgan fingerprint density at radius 3 is 2.89 bits per heavy atom. The van der Waals surface area contributed by atoms with Gasteiger partial charge in [0.15, 0.2) is 0 Å². The number of nitrogens with one attached hydrogen (secondary N) is 1. The number of nitrogens with zero attached hydrogens (tertiary/aromatic N) is 1. The third-order valence-corrected chi connectivity index (χ3v) is 4.75. The molecule has 4 nitrogen and oxygen atoms in total. The molecule has 0 amide bonds. The highest BCUT2D eigenvalue weighted by Crippen LogP contribution is 2.27. The highest BCUT2D eigenvalue weighted by molar-refractivity contribution is 14.1. The summed E-state index contributed by atoms with van der Waals surface area (Å²) in [5.41, 5.74) is 1.18. The van der Waals surface area contributed by atoms with E-state index in [9.17, 15) is 4.79 Å². The smallest absolute Gasteiger partial charge is 0.264 e. The molecule has 0 unspecified atom stereocenters. The van der Waals surface area contributed by atoms with Crippen LogP contribution in [0.5, 0.6) is 0 Å². The second-order valence-corrected chi connectivity index (χ2v) is 6.08. The highest BCUT2D eigenvalue weighted by atomic mass is 127. The van der Waals surface area contributed by atoms with Crippen molar-refractivity contribution in [2.75, 3.05) is 7.11 Å². The molecule has 2 rings (SSSR count). The van der Waals surface area contributed by atoms with Gasteiger partial charge in [0.25, 0.3) is 5.56 Å². The Hall–Kier alpha value is -0.440. The van der Waals surface area contributed by atoms with Crippen LogP contribution in [0.1, 0.15) is 5.69 Å². The van der Waals surface area contributed by atoms with Crippen LogP contribution in [0.3, 0.4) is 0 Å². The monoisotopic (exact) mass is 454 g/mol. The fourth-order valence-corrected chi connectivity index (χ4v) is 2.36. The molecule has 0 atom stereocenters. The van der Waals surface area contributed by atoms with Gasteiger partial charge in [-0.3, -0.25) is 4.79 Å². The number of benzene rings is 1. The highest BCUT2D eigenvalue weighted by Gasteiger charge is 2.11. The number of hydrogen-bond donors (Lipinski definition) is 1. The summed E-state index contributed by atoms with van der Waals surface area (Å²) in [5, 5.41) is 0.562. The van der Waals surface area contributed by atoms with Gasteiger partial charge in [-0.25, -0.2) is 4.98 Å². The van der Waals surface area contributed by atoms with Crippen molar-refractivity contribution in [1.82, 2.24) is 9.97 Å². The first kappa shape index (κ1) is 15.0. The maximum absolute atomic E-state index is 11.9. The first-order chi connectivity index (χ1) is 9.02. The van der Waals surface area contributed by atoms with Crippen LogP contribution in [-0.4, -0.2) is 17.1 Å². The Labute approximate surface area is 136 Å². The van der Waals surface area contributed by atoms with Gasteiger partial charge in [0.1, 0.15) is 9.39 Å². The van der Waals surface area contributed by atoms with Gasteiger partial charge in [-0.1, -0.05) is 17.7 Å². The quantitative estimate of drug-likeness (QED) is 0.720. The summed E-state index contributed by atoms with van der Waals surface area (Å²) in [6, 6.07) is 5.39.